The number of nitrogens with zero attached hydrogens (tertiary/aromatic N) is 1. The van der Waals surface area contributed by atoms with Crippen LogP contribution in [-0.4, -0.2) is 30.1 Å². The van der Waals surface area contributed by atoms with Crippen LogP contribution in [0.15, 0.2) is 11.4 Å². The van der Waals surface area contributed by atoms with Gasteiger partial charge in [-0.1, -0.05) is 11.6 Å². The first-order valence-electron chi connectivity index (χ1n) is 6.27. The molecule has 0 aliphatic carbocycles. The van der Waals surface area contributed by atoms with Crippen LogP contribution in [0.1, 0.15) is 25.8 Å². The molecule has 0 bridgehead atoms. The predicted octanol–water partition coefficient (Wildman–Crippen LogP) is 3.00. The minimum absolute atomic E-state index is 0.324. The van der Waals surface area contributed by atoms with Gasteiger partial charge < -0.3 is 5.73 Å². The number of nitrogens with two attached hydrogens (primary N) is 1. The molecule has 0 spiro atoms. The summed E-state index contributed by atoms with van der Waals surface area (Å²) in [6.45, 7) is 6.70. The molecule has 1 aliphatic rings. The highest BCUT2D eigenvalue weighted by atomic mass is 35.5. The molecular weight excluding hydrogens is 252 g/mol. The largest absolute Gasteiger partial charge is 0.327 e. The summed E-state index contributed by atoms with van der Waals surface area (Å²) in [5.41, 5.74) is 7.51. The van der Waals surface area contributed by atoms with E-state index >= 15 is 0 Å². The zero-order valence-corrected chi connectivity index (χ0v) is 12.1. The molecule has 0 saturated carbocycles. The summed E-state index contributed by atoms with van der Waals surface area (Å²) in [5.74, 6) is 0.673. The maximum Gasteiger partial charge on any atom is 0.0931 e. The molecule has 0 radical (unpaired) electrons. The van der Waals surface area contributed by atoms with Gasteiger partial charge in [-0.2, -0.15) is 0 Å². The summed E-state index contributed by atoms with van der Waals surface area (Å²) in [6.07, 6.45) is 2.25. The normalized spacial score (nSPS) is 26.6. The first-order chi connectivity index (χ1) is 8.04. The highest BCUT2D eigenvalue weighted by Gasteiger charge is 2.26. The molecule has 2 heterocycles. The fraction of sp³-hybridized carbons (Fsp3) is 0.692. The van der Waals surface area contributed by atoms with Gasteiger partial charge in [0.1, 0.15) is 0 Å². The molecule has 1 saturated heterocycles. The average Bonchev–Trinajstić information content (AvgIpc) is 2.63. The molecule has 96 valence electrons. The minimum Gasteiger partial charge on any atom is -0.327 e. The Morgan fingerprint density at radius 2 is 2.29 bits per heavy atom. The van der Waals surface area contributed by atoms with Gasteiger partial charge >= 0.3 is 0 Å². The third-order valence-electron chi connectivity index (χ3n) is 3.47. The minimum atomic E-state index is 0.324. The van der Waals surface area contributed by atoms with E-state index in [4.69, 9.17) is 17.3 Å². The lowest BCUT2D eigenvalue weighted by Crippen LogP contribution is -2.50. The fourth-order valence-corrected chi connectivity index (χ4v) is 3.56. The van der Waals surface area contributed by atoms with Gasteiger partial charge in [0.2, 0.25) is 0 Å². The monoisotopic (exact) mass is 272 g/mol. The van der Waals surface area contributed by atoms with E-state index < -0.39 is 0 Å². The van der Waals surface area contributed by atoms with Crippen LogP contribution in [0.5, 0.6) is 0 Å². The van der Waals surface area contributed by atoms with E-state index in [2.05, 4.69) is 30.2 Å². The first kappa shape index (κ1) is 13.3. The predicted molar refractivity (Wildman–Crippen MR) is 75.8 cm³/mol. The van der Waals surface area contributed by atoms with E-state index in [1.165, 1.54) is 12.1 Å². The van der Waals surface area contributed by atoms with Gasteiger partial charge in [-0.05, 0) is 49.6 Å². The van der Waals surface area contributed by atoms with Crippen molar-refractivity contribution in [1.82, 2.24) is 4.90 Å². The summed E-state index contributed by atoms with van der Waals surface area (Å²) < 4.78 is 0.890. The smallest absolute Gasteiger partial charge is 0.0931 e. The number of likely N-dealkylation sites (tertiary alicyclic amines) is 1. The third-order valence-corrected chi connectivity index (χ3v) is 4.61. The van der Waals surface area contributed by atoms with Crippen LogP contribution in [0.3, 0.4) is 0 Å². The lowest BCUT2D eigenvalue weighted by molar-refractivity contribution is 0.124. The zero-order chi connectivity index (χ0) is 12.4. The van der Waals surface area contributed by atoms with E-state index in [0.29, 0.717) is 18.0 Å². The van der Waals surface area contributed by atoms with Crippen LogP contribution in [0.2, 0.25) is 4.34 Å². The maximum absolute atomic E-state index is 6.15. The summed E-state index contributed by atoms with van der Waals surface area (Å²) in [4.78, 5) is 2.49. The van der Waals surface area contributed by atoms with Crippen LogP contribution in [0.25, 0.3) is 0 Å². The number of piperidine rings is 1. The van der Waals surface area contributed by atoms with Gasteiger partial charge in [0.15, 0.2) is 0 Å². The quantitative estimate of drug-likeness (QED) is 0.917. The Kier molecular flexibility index (Phi) is 4.47. The van der Waals surface area contributed by atoms with Crippen LogP contribution >= 0.6 is 22.9 Å². The molecule has 1 aromatic rings. The highest BCUT2D eigenvalue weighted by Crippen LogP contribution is 2.26. The topological polar surface area (TPSA) is 29.3 Å². The Bertz CT molecular complexity index is 364. The van der Waals surface area contributed by atoms with Crippen molar-refractivity contribution in [3.8, 4) is 0 Å². The lowest BCUT2D eigenvalue weighted by atomic mass is 9.89. The fourth-order valence-electron chi connectivity index (χ4n) is 2.64. The Labute approximate surface area is 113 Å². The van der Waals surface area contributed by atoms with Gasteiger partial charge in [-0.15, -0.1) is 11.3 Å². The number of halogens is 1. The number of hydrogen-bond donors (Lipinski definition) is 1. The molecule has 2 unspecified atom stereocenters. The molecule has 0 aromatic carbocycles. The standard InChI is InChI=1S/C13H21ClN2S/c1-9(2)16-6-10(4-12(15)7-16)3-11-5-13(14)17-8-11/h5,8-10,12H,3-4,6-7,15H2,1-2H3. The number of rotatable bonds is 3. The zero-order valence-electron chi connectivity index (χ0n) is 10.5. The van der Waals surface area contributed by atoms with E-state index in [-0.39, 0.29) is 0 Å². The summed E-state index contributed by atoms with van der Waals surface area (Å²) in [6, 6.07) is 3.01. The molecular formula is C13H21ClN2S. The summed E-state index contributed by atoms with van der Waals surface area (Å²) in [7, 11) is 0. The Morgan fingerprint density at radius 3 is 2.88 bits per heavy atom. The van der Waals surface area contributed by atoms with Crippen molar-refractivity contribution in [2.45, 2.75) is 38.8 Å². The van der Waals surface area contributed by atoms with Crippen molar-refractivity contribution >= 4 is 22.9 Å². The third kappa shape index (κ3) is 3.68. The molecule has 2 nitrogen and oxygen atoms in total. The van der Waals surface area contributed by atoms with Gasteiger partial charge in [-0.25, -0.2) is 0 Å². The molecule has 1 fully saturated rings. The second-order valence-corrected chi connectivity index (χ2v) is 6.92. The van der Waals surface area contributed by atoms with Crippen LogP contribution < -0.4 is 5.73 Å². The molecule has 1 aromatic heterocycles. The van der Waals surface area contributed by atoms with E-state index in [1.54, 1.807) is 11.3 Å². The Balaban J connectivity index is 1.96. The number of hydrogen-bond acceptors (Lipinski definition) is 3. The Morgan fingerprint density at radius 1 is 1.53 bits per heavy atom. The van der Waals surface area contributed by atoms with E-state index in [9.17, 15) is 0 Å². The van der Waals surface area contributed by atoms with E-state index in [0.717, 1.165) is 23.7 Å². The highest BCUT2D eigenvalue weighted by molar-refractivity contribution is 7.14. The van der Waals surface area contributed by atoms with Crippen molar-refractivity contribution < 1.29 is 0 Å². The van der Waals surface area contributed by atoms with Crippen molar-refractivity contribution in [3.05, 3.63) is 21.3 Å². The second-order valence-electron chi connectivity index (χ2n) is 5.37. The maximum atomic E-state index is 6.15. The molecule has 17 heavy (non-hydrogen) atoms. The lowest BCUT2D eigenvalue weighted by Gasteiger charge is -2.38. The molecule has 1 aliphatic heterocycles. The molecule has 2 rings (SSSR count). The first-order valence-corrected chi connectivity index (χ1v) is 7.53. The van der Waals surface area contributed by atoms with Crippen molar-refractivity contribution in [1.29, 1.82) is 0 Å². The van der Waals surface area contributed by atoms with Gasteiger partial charge in [-0.3, -0.25) is 4.90 Å². The van der Waals surface area contributed by atoms with Crippen LogP contribution in [0.4, 0.5) is 0 Å². The SMILES string of the molecule is CC(C)N1CC(N)CC(Cc2csc(Cl)c2)C1. The van der Waals surface area contributed by atoms with Crippen LogP contribution in [-0.2, 0) is 6.42 Å². The van der Waals surface area contributed by atoms with E-state index in [1.807, 2.05) is 0 Å². The van der Waals surface area contributed by atoms with Crippen molar-refractivity contribution in [2.75, 3.05) is 13.1 Å². The van der Waals surface area contributed by atoms with Gasteiger partial charge in [0, 0.05) is 25.2 Å². The average molecular weight is 273 g/mol. The molecule has 4 heteroatoms. The Hall–Kier alpha value is -0.0900. The number of thiophene rings is 1. The molecule has 2 N–H and O–H groups in total. The van der Waals surface area contributed by atoms with Gasteiger partial charge in [0.05, 0.1) is 4.34 Å². The van der Waals surface area contributed by atoms with Crippen molar-refractivity contribution in [3.63, 3.8) is 0 Å². The van der Waals surface area contributed by atoms with Gasteiger partial charge in [0.25, 0.3) is 0 Å². The summed E-state index contributed by atoms with van der Waals surface area (Å²) in [5, 5.41) is 2.17. The molecule has 0 amide bonds. The summed E-state index contributed by atoms with van der Waals surface area (Å²) >= 11 is 7.59. The van der Waals surface area contributed by atoms with Crippen molar-refractivity contribution in [2.24, 2.45) is 11.7 Å². The molecule has 2 atom stereocenters. The van der Waals surface area contributed by atoms with Crippen LogP contribution in [0, 0.1) is 5.92 Å². The second kappa shape index (κ2) is 5.70.